The highest BCUT2D eigenvalue weighted by Gasteiger charge is 2.24. The van der Waals surface area contributed by atoms with E-state index < -0.39 is 0 Å². The number of nitrogens with zero attached hydrogens (tertiary/aromatic N) is 2. The number of hydrogen-bond acceptors (Lipinski definition) is 4. The summed E-state index contributed by atoms with van der Waals surface area (Å²) in [6.45, 7) is 2.09. The van der Waals surface area contributed by atoms with E-state index in [1.807, 2.05) is 18.3 Å². The largest absolute Gasteiger partial charge is 0.369 e. The first-order valence-corrected chi connectivity index (χ1v) is 5.90. The molecule has 1 aliphatic heterocycles. The molecule has 5 heteroatoms. The molecule has 17 heavy (non-hydrogen) atoms. The molecule has 92 valence electrons. The number of piperidine rings is 1. The molecule has 2 heterocycles. The molecule has 0 radical (unpaired) electrons. The van der Waals surface area contributed by atoms with Crippen LogP contribution in [0.25, 0.3) is 0 Å². The van der Waals surface area contributed by atoms with Gasteiger partial charge in [0.05, 0.1) is 23.5 Å². The second kappa shape index (κ2) is 5.14. The maximum atomic E-state index is 11.2. The highest BCUT2D eigenvalue weighted by Crippen LogP contribution is 2.22. The average Bonchev–Trinajstić information content (AvgIpc) is 2.39. The Kier molecular flexibility index (Phi) is 3.58. The van der Waals surface area contributed by atoms with Crippen molar-refractivity contribution in [2.75, 3.05) is 18.0 Å². The Morgan fingerprint density at radius 3 is 2.94 bits per heavy atom. The standard InChI is InChI=1S/C12H18N4O/c13-6-10-3-4-11(7-15-10)16-5-1-2-9(8-16)12(14)17/h3-4,7,9H,1-2,5-6,8,13H2,(H2,14,17). The van der Waals surface area contributed by atoms with Crippen LogP contribution >= 0.6 is 0 Å². The molecule has 1 aliphatic rings. The second-order valence-corrected chi connectivity index (χ2v) is 4.40. The SMILES string of the molecule is NCc1ccc(N2CCCC(C(N)=O)C2)cn1. The summed E-state index contributed by atoms with van der Waals surface area (Å²) in [6, 6.07) is 3.92. The molecule has 5 nitrogen and oxygen atoms in total. The highest BCUT2D eigenvalue weighted by atomic mass is 16.1. The normalized spacial score (nSPS) is 20.3. The predicted molar refractivity (Wildman–Crippen MR) is 66.3 cm³/mol. The van der Waals surface area contributed by atoms with E-state index in [9.17, 15) is 4.79 Å². The smallest absolute Gasteiger partial charge is 0.222 e. The van der Waals surface area contributed by atoms with Gasteiger partial charge in [0.15, 0.2) is 0 Å². The molecule has 0 saturated carbocycles. The molecule has 0 bridgehead atoms. The van der Waals surface area contributed by atoms with Crippen molar-refractivity contribution in [2.45, 2.75) is 19.4 Å². The van der Waals surface area contributed by atoms with Crippen LogP contribution < -0.4 is 16.4 Å². The van der Waals surface area contributed by atoms with Gasteiger partial charge in [-0.2, -0.15) is 0 Å². The summed E-state index contributed by atoms with van der Waals surface area (Å²) in [6.07, 6.45) is 3.69. The van der Waals surface area contributed by atoms with Crippen LogP contribution in [-0.2, 0) is 11.3 Å². The third kappa shape index (κ3) is 2.74. The van der Waals surface area contributed by atoms with Crippen LogP contribution in [0.5, 0.6) is 0 Å². The van der Waals surface area contributed by atoms with Gasteiger partial charge in [0, 0.05) is 19.6 Å². The van der Waals surface area contributed by atoms with E-state index in [1.54, 1.807) is 0 Å². The lowest BCUT2D eigenvalue weighted by Crippen LogP contribution is -2.41. The van der Waals surface area contributed by atoms with E-state index in [0.29, 0.717) is 13.1 Å². The van der Waals surface area contributed by atoms with Crippen LogP contribution in [0, 0.1) is 5.92 Å². The van der Waals surface area contributed by atoms with Crippen molar-refractivity contribution in [3.63, 3.8) is 0 Å². The number of primary amides is 1. The molecule has 1 aromatic rings. The maximum absolute atomic E-state index is 11.2. The zero-order chi connectivity index (χ0) is 12.3. The van der Waals surface area contributed by atoms with Crippen molar-refractivity contribution in [3.05, 3.63) is 24.0 Å². The Labute approximate surface area is 101 Å². The second-order valence-electron chi connectivity index (χ2n) is 4.40. The molecule has 1 atom stereocenters. The molecule has 1 saturated heterocycles. The molecule has 0 aliphatic carbocycles. The minimum absolute atomic E-state index is 0.0436. The summed E-state index contributed by atoms with van der Waals surface area (Å²) < 4.78 is 0. The number of rotatable bonds is 3. The van der Waals surface area contributed by atoms with Crippen LogP contribution in [0.15, 0.2) is 18.3 Å². The lowest BCUT2D eigenvalue weighted by atomic mass is 9.97. The summed E-state index contributed by atoms with van der Waals surface area (Å²) in [5.74, 6) is -0.251. The van der Waals surface area contributed by atoms with Gasteiger partial charge in [0.2, 0.25) is 5.91 Å². The molecule has 4 N–H and O–H groups in total. The van der Waals surface area contributed by atoms with Gasteiger partial charge >= 0.3 is 0 Å². The average molecular weight is 234 g/mol. The van der Waals surface area contributed by atoms with E-state index in [0.717, 1.165) is 30.8 Å². The van der Waals surface area contributed by atoms with Gasteiger partial charge < -0.3 is 16.4 Å². The molecular weight excluding hydrogens is 216 g/mol. The number of nitrogens with two attached hydrogens (primary N) is 2. The van der Waals surface area contributed by atoms with Crippen LogP contribution in [-0.4, -0.2) is 24.0 Å². The van der Waals surface area contributed by atoms with Crippen LogP contribution in [0.3, 0.4) is 0 Å². The molecule has 2 rings (SSSR count). The number of hydrogen-bond donors (Lipinski definition) is 2. The lowest BCUT2D eigenvalue weighted by molar-refractivity contribution is -0.122. The highest BCUT2D eigenvalue weighted by molar-refractivity contribution is 5.77. The van der Waals surface area contributed by atoms with Gasteiger partial charge in [-0.05, 0) is 25.0 Å². The first-order chi connectivity index (χ1) is 8.20. The Hall–Kier alpha value is -1.62. The van der Waals surface area contributed by atoms with E-state index in [-0.39, 0.29) is 11.8 Å². The van der Waals surface area contributed by atoms with E-state index >= 15 is 0 Å². The zero-order valence-electron chi connectivity index (χ0n) is 9.80. The molecular formula is C12H18N4O. The Morgan fingerprint density at radius 1 is 1.53 bits per heavy atom. The molecule has 1 unspecified atom stereocenters. The quantitative estimate of drug-likeness (QED) is 0.784. The fraction of sp³-hybridized carbons (Fsp3) is 0.500. The first kappa shape index (κ1) is 11.9. The van der Waals surface area contributed by atoms with E-state index in [4.69, 9.17) is 11.5 Å². The minimum Gasteiger partial charge on any atom is -0.369 e. The van der Waals surface area contributed by atoms with Crippen LogP contribution in [0.1, 0.15) is 18.5 Å². The van der Waals surface area contributed by atoms with E-state index in [1.165, 1.54) is 0 Å². The molecule has 1 aromatic heterocycles. The number of pyridine rings is 1. The van der Waals surface area contributed by atoms with Gasteiger partial charge in [-0.15, -0.1) is 0 Å². The van der Waals surface area contributed by atoms with Crippen molar-refractivity contribution in [1.29, 1.82) is 0 Å². The Morgan fingerprint density at radius 2 is 2.35 bits per heavy atom. The molecule has 0 spiro atoms. The molecule has 1 fully saturated rings. The van der Waals surface area contributed by atoms with Crippen molar-refractivity contribution in [3.8, 4) is 0 Å². The van der Waals surface area contributed by atoms with Crippen LogP contribution in [0.2, 0.25) is 0 Å². The summed E-state index contributed by atoms with van der Waals surface area (Å²) in [5, 5.41) is 0. The van der Waals surface area contributed by atoms with Gasteiger partial charge in [-0.3, -0.25) is 9.78 Å². The topological polar surface area (TPSA) is 85.2 Å². The molecule has 0 aromatic carbocycles. The summed E-state index contributed by atoms with van der Waals surface area (Å²) in [5.41, 5.74) is 12.8. The fourth-order valence-corrected chi connectivity index (χ4v) is 2.17. The summed E-state index contributed by atoms with van der Waals surface area (Å²) >= 11 is 0. The minimum atomic E-state index is -0.207. The van der Waals surface area contributed by atoms with Crippen LogP contribution in [0.4, 0.5) is 5.69 Å². The summed E-state index contributed by atoms with van der Waals surface area (Å²) in [7, 11) is 0. The third-order valence-electron chi connectivity index (χ3n) is 3.21. The van der Waals surface area contributed by atoms with Gasteiger partial charge in [0.25, 0.3) is 0 Å². The molecule has 1 amide bonds. The maximum Gasteiger partial charge on any atom is 0.222 e. The number of amides is 1. The number of carbonyl (C=O) groups excluding carboxylic acids is 1. The number of aromatic nitrogens is 1. The van der Waals surface area contributed by atoms with E-state index in [2.05, 4.69) is 9.88 Å². The Balaban J connectivity index is 2.08. The monoisotopic (exact) mass is 234 g/mol. The lowest BCUT2D eigenvalue weighted by Gasteiger charge is -2.32. The Bertz CT molecular complexity index is 390. The third-order valence-corrected chi connectivity index (χ3v) is 3.21. The predicted octanol–water partition coefficient (Wildman–Crippen LogP) is 0.242. The number of anilines is 1. The zero-order valence-corrected chi connectivity index (χ0v) is 9.80. The first-order valence-electron chi connectivity index (χ1n) is 5.90. The van der Waals surface area contributed by atoms with Crippen molar-refractivity contribution >= 4 is 11.6 Å². The van der Waals surface area contributed by atoms with Crippen molar-refractivity contribution in [2.24, 2.45) is 17.4 Å². The van der Waals surface area contributed by atoms with Gasteiger partial charge in [-0.25, -0.2) is 0 Å². The van der Waals surface area contributed by atoms with Crippen molar-refractivity contribution in [1.82, 2.24) is 4.98 Å². The number of carbonyl (C=O) groups is 1. The van der Waals surface area contributed by atoms with Gasteiger partial charge in [-0.1, -0.05) is 0 Å². The van der Waals surface area contributed by atoms with Gasteiger partial charge in [0.1, 0.15) is 0 Å². The summed E-state index contributed by atoms with van der Waals surface area (Å²) in [4.78, 5) is 17.6. The fourth-order valence-electron chi connectivity index (χ4n) is 2.17. The van der Waals surface area contributed by atoms with Crippen molar-refractivity contribution < 1.29 is 4.79 Å².